The fourth-order valence-corrected chi connectivity index (χ4v) is 2.97. The van der Waals surface area contributed by atoms with E-state index in [-0.39, 0.29) is 5.54 Å². The van der Waals surface area contributed by atoms with Crippen LogP contribution < -0.4 is 5.73 Å². The molecule has 0 bridgehead atoms. The van der Waals surface area contributed by atoms with Gasteiger partial charge in [-0.2, -0.15) is 0 Å². The van der Waals surface area contributed by atoms with Crippen LogP contribution in [0.1, 0.15) is 19.3 Å². The maximum atomic E-state index is 6.00. The highest BCUT2D eigenvalue weighted by Crippen LogP contribution is 2.29. The van der Waals surface area contributed by atoms with Crippen molar-refractivity contribution >= 4 is 0 Å². The zero-order valence-electron chi connectivity index (χ0n) is 10.6. The van der Waals surface area contributed by atoms with Crippen molar-refractivity contribution in [1.82, 2.24) is 9.80 Å². The number of hydrogen-bond acceptors (Lipinski definition) is 4. The van der Waals surface area contributed by atoms with Gasteiger partial charge < -0.3 is 15.4 Å². The number of likely N-dealkylation sites (tertiary alicyclic amines) is 1. The lowest BCUT2D eigenvalue weighted by Gasteiger charge is -2.43. The fraction of sp³-hybridized carbons (Fsp3) is 1.00. The molecule has 0 aliphatic carbocycles. The minimum Gasteiger partial charge on any atom is -0.379 e. The van der Waals surface area contributed by atoms with Gasteiger partial charge in [-0.1, -0.05) is 0 Å². The van der Waals surface area contributed by atoms with Crippen LogP contribution in [0.5, 0.6) is 0 Å². The second-order valence-corrected chi connectivity index (χ2v) is 5.44. The van der Waals surface area contributed by atoms with Gasteiger partial charge in [-0.25, -0.2) is 0 Å². The molecule has 0 amide bonds. The second kappa shape index (κ2) is 5.00. The van der Waals surface area contributed by atoms with E-state index in [0.717, 1.165) is 32.7 Å². The molecule has 2 saturated heterocycles. The van der Waals surface area contributed by atoms with Crippen molar-refractivity contribution in [3.05, 3.63) is 0 Å². The van der Waals surface area contributed by atoms with E-state index in [2.05, 4.69) is 23.9 Å². The summed E-state index contributed by atoms with van der Waals surface area (Å²) < 4.78 is 5.65. The summed E-state index contributed by atoms with van der Waals surface area (Å²) in [5.74, 6) is 0. The lowest BCUT2D eigenvalue weighted by molar-refractivity contribution is -0.0372. The molecule has 0 saturated carbocycles. The number of rotatable bonds is 3. The van der Waals surface area contributed by atoms with Crippen molar-refractivity contribution in [2.75, 3.05) is 46.9 Å². The van der Waals surface area contributed by atoms with Crippen LogP contribution in [-0.4, -0.2) is 68.3 Å². The third kappa shape index (κ3) is 2.25. The van der Waals surface area contributed by atoms with E-state index in [1.807, 2.05) is 0 Å². The Morgan fingerprint density at radius 3 is 2.81 bits per heavy atom. The topological polar surface area (TPSA) is 41.7 Å². The molecule has 2 atom stereocenters. The molecule has 2 aliphatic heterocycles. The van der Waals surface area contributed by atoms with Gasteiger partial charge in [-0.15, -0.1) is 0 Å². The highest BCUT2D eigenvalue weighted by atomic mass is 16.5. The minimum absolute atomic E-state index is 0.128. The van der Waals surface area contributed by atoms with E-state index in [9.17, 15) is 0 Å². The van der Waals surface area contributed by atoms with Crippen LogP contribution in [0.4, 0.5) is 0 Å². The molecule has 2 fully saturated rings. The Morgan fingerprint density at radius 2 is 2.31 bits per heavy atom. The summed E-state index contributed by atoms with van der Waals surface area (Å²) in [6.07, 6.45) is 3.61. The number of likely N-dealkylation sites (N-methyl/N-ethyl adjacent to an activating group) is 1. The average Bonchev–Trinajstić information content (AvgIpc) is 2.80. The Hall–Kier alpha value is -0.160. The van der Waals surface area contributed by atoms with Gasteiger partial charge in [0.05, 0.1) is 12.1 Å². The molecule has 2 heterocycles. The first-order valence-corrected chi connectivity index (χ1v) is 6.37. The predicted octanol–water partition coefficient (Wildman–Crippen LogP) is 0.130. The summed E-state index contributed by atoms with van der Waals surface area (Å²) in [6.45, 7) is 4.78. The van der Waals surface area contributed by atoms with Crippen molar-refractivity contribution in [1.29, 1.82) is 0 Å². The van der Waals surface area contributed by atoms with Gasteiger partial charge in [0.25, 0.3) is 0 Å². The van der Waals surface area contributed by atoms with Gasteiger partial charge in [-0.3, -0.25) is 4.90 Å². The van der Waals surface area contributed by atoms with Gasteiger partial charge in [0.1, 0.15) is 0 Å². The molecule has 0 aromatic carbocycles. The highest BCUT2D eigenvalue weighted by molar-refractivity contribution is 4.98. The monoisotopic (exact) mass is 227 g/mol. The molecule has 0 radical (unpaired) electrons. The zero-order chi connectivity index (χ0) is 11.6. The summed E-state index contributed by atoms with van der Waals surface area (Å²) in [7, 11) is 4.33. The van der Waals surface area contributed by atoms with Crippen LogP contribution in [-0.2, 0) is 4.74 Å². The standard InChI is InChI=1S/C12H25N3O/c1-14(2)11-4-6-15(8-11)12(9-13)5-3-7-16-10-12/h11H,3-10,13H2,1-2H3. The van der Waals surface area contributed by atoms with Crippen LogP contribution in [0.15, 0.2) is 0 Å². The van der Waals surface area contributed by atoms with Gasteiger partial charge in [0, 0.05) is 32.3 Å². The second-order valence-electron chi connectivity index (χ2n) is 5.44. The summed E-state index contributed by atoms with van der Waals surface area (Å²) >= 11 is 0. The van der Waals surface area contributed by atoms with Crippen LogP contribution in [0.2, 0.25) is 0 Å². The normalized spacial score (nSPS) is 37.1. The number of hydrogen-bond donors (Lipinski definition) is 1. The molecular formula is C12H25N3O. The van der Waals surface area contributed by atoms with E-state index in [0.29, 0.717) is 6.04 Å². The zero-order valence-corrected chi connectivity index (χ0v) is 10.6. The first-order chi connectivity index (χ1) is 7.68. The van der Waals surface area contributed by atoms with Crippen molar-refractivity contribution < 1.29 is 4.74 Å². The number of ether oxygens (including phenoxy) is 1. The SMILES string of the molecule is CN(C)C1CCN(C2(CN)CCCOC2)C1. The lowest BCUT2D eigenvalue weighted by Crippen LogP contribution is -2.58. The smallest absolute Gasteiger partial charge is 0.0662 e. The third-order valence-corrected chi connectivity index (χ3v) is 4.25. The Morgan fingerprint density at radius 1 is 1.50 bits per heavy atom. The molecule has 2 unspecified atom stereocenters. The quantitative estimate of drug-likeness (QED) is 0.744. The van der Waals surface area contributed by atoms with Crippen molar-refractivity contribution in [2.24, 2.45) is 5.73 Å². The third-order valence-electron chi connectivity index (χ3n) is 4.25. The van der Waals surface area contributed by atoms with Crippen LogP contribution >= 0.6 is 0 Å². The van der Waals surface area contributed by atoms with Crippen LogP contribution in [0.25, 0.3) is 0 Å². The van der Waals surface area contributed by atoms with Crippen LogP contribution in [0.3, 0.4) is 0 Å². The molecule has 4 heteroatoms. The van der Waals surface area contributed by atoms with Gasteiger partial charge in [0.2, 0.25) is 0 Å². The van der Waals surface area contributed by atoms with Crippen molar-refractivity contribution in [2.45, 2.75) is 30.8 Å². The summed E-state index contributed by atoms with van der Waals surface area (Å²) in [4.78, 5) is 4.89. The molecule has 0 aromatic heterocycles. The maximum Gasteiger partial charge on any atom is 0.0662 e. The summed E-state index contributed by atoms with van der Waals surface area (Å²) in [6, 6.07) is 0.686. The Kier molecular flexibility index (Phi) is 3.85. The Bertz CT molecular complexity index is 226. The molecule has 2 rings (SSSR count). The van der Waals surface area contributed by atoms with Gasteiger partial charge in [-0.05, 0) is 33.4 Å². The molecule has 16 heavy (non-hydrogen) atoms. The van der Waals surface area contributed by atoms with Gasteiger partial charge >= 0.3 is 0 Å². The highest BCUT2D eigenvalue weighted by Gasteiger charge is 2.41. The molecule has 2 aliphatic rings. The molecule has 94 valence electrons. The summed E-state index contributed by atoms with van der Waals surface area (Å²) in [5.41, 5.74) is 6.13. The summed E-state index contributed by atoms with van der Waals surface area (Å²) in [5, 5.41) is 0. The van der Waals surface area contributed by atoms with E-state index in [1.165, 1.54) is 19.4 Å². The number of nitrogens with two attached hydrogens (primary N) is 1. The minimum atomic E-state index is 0.128. The fourth-order valence-electron chi connectivity index (χ4n) is 2.97. The molecular weight excluding hydrogens is 202 g/mol. The number of nitrogens with zero attached hydrogens (tertiary/aromatic N) is 2. The molecule has 2 N–H and O–H groups in total. The van der Waals surface area contributed by atoms with E-state index in [4.69, 9.17) is 10.5 Å². The Balaban J connectivity index is 2.00. The largest absolute Gasteiger partial charge is 0.379 e. The Labute approximate surface area is 98.7 Å². The van der Waals surface area contributed by atoms with Gasteiger partial charge in [0.15, 0.2) is 0 Å². The first-order valence-electron chi connectivity index (χ1n) is 6.37. The van der Waals surface area contributed by atoms with Crippen molar-refractivity contribution in [3.8, 4) is 0 Å². The lowest BCUT2D eigenvalue weighted by atomic mass is 9.90. The van der Waals surface area contributed by atoms with E-state index >= 15 is 0 Å². The molecule has 4 nitrogen and oxygen atoms in total. The predicted molar refractivity (Wildman–Crippen MR) is 65.5 cm³/mol. The molecule has 0 spiro atoms. The first kappa shape index (κ1) is 12.3. The molecule has 0 aromatic rings. The maximum absolute atomic E-state index is 6.00. The van der Waals surface area contributed by atoms with E-state index in [1.54, 1.807) is 0 Å². The van der Waals surface area contributed by atoms with E-state index < -0.39 is 0 Å². The van der Waals surface area contributed by atoms with Crippen molar-refractivity contribution in [3.63, 3.8) is 0 Å². The average molecular weight is 227 g/mol. The van der Waals surface area contributed by atoms with Crippen LogP contribution in [0, 0.1) is 0 Å².